The summed E-state index contributed by atoms with van der Waals surface area (Å²) < 4.78 is 0. The van der Waals surface area contributed by atoms with E-state index in [0.29, 0.717) is 5.82 Å². The molecule has 0 aliphatic rings. The molecule has 9 heavy (non-hydrogen) atoms. The van der Waals surface area contributed by atoms with Crippen LogP contribution in [0.5, 0.6) is 0 Å². The van der Waals surface area contributed by atoms with Crippen molar-refractivity contribution in [1.82, 2.24) is 5.32 Å². The summed E-state index contributed by atoms with van der Waals surface area (Å²) >= 11 is 0. The van der Waals surface area contributed by atoms with Crippen LogP contribution in [0, 0.1) is 11.3 Å². The quantitative estimate of drug-likeness (QED) is 0.533. The van der Waals surface area contributed by atoms with Gasteiger partial charge in [0.15, 0.2) is 0 Å². The lowest BCUT2D eigenvalue weighted by Crippen LogP contribution is -2.20. The average molecular weight is 125 g/mol. The molecule has 0 aliphatic carbocycles. The largest absolute Gasteiger partial charge is 0.385 e. The van der Waals surface area contributed by atoms with Crippen LogP contribution in [0.4, 0.5) is 0 Å². The number of hydrogen-bond donors (Lipinski definition) is 2. The maximum absolute atomic E-state index is 8.09. The van der Waals surface area contributed by atoms with E-state index >= 15 is 0 Å². The van der Waals surface area contributed by atoms with Crippen LogP contribution in [0.15, 0.2) is 11.9 Å². The molecule has 0 aromatic carbocycles. The van der Waals surface area contributed by atoms with E-state index < -0.39 is 0 Å². The Balaban J connectivity index is 3.40. The maximum Gasteiger partial charge on any atom is 0.107 e. The molecule has 3 heteroatoms. The number of nitriles is 1. The molecule has 50 valence electrons. The smallest absolute Gasteiger partial charge is 0.107 e. The molecule has 3 N–H and O–H groups in total. The molecule has 0 aromatic rings. The van der Waals surface area contributed by atoms with Gasteiger partial charge in [0.25, 0.3) is 0 Å². The molecule has 0 amide bonds. The van der Waals surface area contributed by atoms with Gasteiger partial charge in [-0.1, -0.05) is 6.92 Å². The molecule has 0 atom stereocenters. The lowest BCUT2D eigenvalue weighted by molar-refractivity contribution is 0.761. The fourth-order valence-electron chi connectivity index (χ4n) is 0.390. The Labute approximate surface area is 55.2 Å². The zero-order chi connectivity index (χ0) is 7.11. The SMILES string of the molecule is CCCNC(N)=CC#N. The van der Waals surface area contributed by atoms with E-state index in [4.69, 9.17) is 11.0 Å². The molecule has 0 radical (unpaired) electrons. The second-order valence-electron chi connectivity index (χ2n) is 1.66. The Hall–Kier alpha value is -1.17. The Morgan fingerprint density at radius 2 is 2.56 bits per heavy atom. The third-order valence-corrected chi connectivity index (χ3v) is 0.799. The second-order valence-corrected chi connectivity index (χ2v) is 1.66. The normalized spacial score (nSPS) is 10.4. The van der Waals surface area contributed by atoms with Gasteiger partial charge in [-0.25, -0.2) is 0 Å². The number of allylic oxidation sites excluding steroid dienone is 1. The highest BCUT2D eigenvalue weighted by Gasteiger charge is 1.82. The highest BCUT2D eigenvalue weighted by molar-refractivity contribution is 5.08. The average Bonchev–Trinajstić information content (AvgIpc) is 1.85. The molecule has 0 saturated carbocycles. The fraction of sp³-hybridized carbons (Fsp3) is 0.500. The van der Waals surface area contributed by atoms with Crippen molar-refractivity contribution in [2.75, 3.05) is 6.54 Å². The molecule has 0 saturated heterocycles. The zero-order valence-corrected chi connectivity index (χ0v) is 5.52. The Morgan fingerprint density at radius 1 is 1.89 bits per heavy atom. The summed E-state index contributed by atoms with van der Waals surface area (Å²) in [6, 6.07) is 1.83. The van der Waals surface area contributed by atoms with E-state index in [1.807, 2.05) is 13.0 Å². The Morgan fingerprint density at radius 3 is 3.00 bits per heavy atom. The maximum atomic E-state index is 8.09. The van der Waals surface area contributed by atoms with E-state index in [9.17, 15) is 0 Å². The molecule has 0 bridgehead atoms. The Bertz CT molecular complexity index is 132. The zero-order valence-electron chi connectivity index (χ0n) is 5.52. The van der Waals surface area contributed by atoms with Crippen LogP contribution in [-0.2, 0) is 0 Å². The Kier molecular flexibility index (Phi) is 4.33. The van der Waals surface area contributed by atoms with Crippen LogP contribution in [0.3, 0.4) is 0 Å². The number of hydrogen-bond acceptors (Lipinski definition) is 3. The van der Waals surface area contributed by atoms with Crippen molar-refractivity contribution < 1.29 is 0 Å². The van der Waals surface area contributed by atoms with Crippen molar-refractivity contribution in [2.24, 2.45) is 5.73 Å². The highest BCUT2D eigenvalue weighted by Crippen LogP contribution is 1.76. The van der Waals surface area contributed by atoms with Crippen LogP contribution in [-0.4, -0.2) is 6.54 Å². The van der Waals surface area contributed by atoms with Crippen LogP contribution >= 0.6 is 0 Å². The third kappa shape index (κ3) is 4.69. The molecule has 0 rings (SSSR count). The van der Waals surface area contributed by atoms with E-state index in [2.05, 4.69) is 5.32 Å². The topological polar surface area (TPSA) is 61.8 Å². The minimum absolute atomic E-state index is 0.444. The summed E-state index contributed by atoms with van der Waals surface area (Å²) in [6.45, 7) is 2.86. The second kappa shape index (κ2) is 4.98. The molecule has 0 aliphatic heterocycles. The van der Waals surface area contributed by atoms with Gasteiger partial charge in [0, 0.05) is 6.54 Å². The molecular formula is C6H11N3. The fourth-order valence-corrected chi connectivity index (χ4v) is 0.390. The van der Waals surface area contributed by atoms with Crippen LogP contribution < -0.4 is 11.1 Å². The first-order valence-corrected chi connectivity index (χ1v) is 2.90. The van der Waals surface area contributed by atoms with Crippen molar-refractivity contribution in [2.45, 2.75) is 13.3 Å². The summed E-state index contributed by atoms with van der Waals surface area (Å²) in [7, 11) is 0. The van der Waals surface area contributed by atoms with Gasteiger partial charge in [0.2, 0.25) is 0 Å². The molecule has 0 unspecified atom stereocenters. The molecule has 0 fully saturated rings. The molecule has 0 aromatic heterocycles. The van der Waals surface area contributed by atoms with Gasteiger partial charge in [0.1, 0.15) is 5.82 Å². The molecule has 0 spiro atoms. The first-order valence-electron chi connectivity index (χ1n) is 2.90. The predicted molar refractivity (Wildman–Crippen MR) is 36.2 cm³/mol. The van der Waals surface area contributed by atoms with Crippen molar-refractivity contribution in [1.29, 1.82) is 5.26 Å². The van der Waals surface area contributed by atoms with Gasteiger partial charge in [-0.3, -0.25) is 0 Å². The van der Waals surface area contributed by atoms with Gasteiger partial charge < -0.3 is 11.1 Å². The van der Waals surface area contributed by atoms with E-state index in [1.54, 1.807) is 0 Å². The molecular weight excluding hydrogens is 114 g/mol. The van der Waals surface area contributed by atoms with Gasteiger partial charge in [-0.2, -0.15) is 5.26 Å². The summed E-state index contributed by atoms with van der Waals surface area (Å²) in [6.07, 6.45) is 2.30. The summed E-state index contributed by atoms with van der Waals surface area (Å²) in [4.78, 5) is 0. The minimum atomic E-state index is 0.444. The summed E-state index contributed by atoms with van der Waals surface area (Å²) in [5, 5.41) is 10.9. The number of nitrogens with one attached hydrogen (secondary N) is 1. The lowest BCUT2D eigenvalue weighted by Gasteiger charge is -2.00. The number of nitrogens with two attached hydrogens (primary N) is 1. The highest BCUT2D eigenvalue weighted by atomic mass is 15.0. The molecule has 3 nitrogen and oxygen atoms in total. The van der Waals surface area contributed by atoms with Gasteiger partial charge >= 0.3 is 0 Å². The standard InChI is InChI=1S/C6H11N3/c1-2-5-9-6(8)3-4-7/h3,9H,2,5,8H2,1H3. The van der Waals surface area contributed by atoms with Crippen molar-refractivity contribution in [3.8, 4) is 6.07 Å². The summed E-state index contributed by atoms with van der Waals surface area (Å²) in [5.41, 5.74) is 5.30. The monoisotopic (exact) mass is 125 g/mol. The summed E-state index contributed by atoms with van der Waals surface area (Å²) in [5.74, 6) is 0.444. The van der Waals surface area contributed by atoms with E-state index in [-0.39, 0.29) is 0 Å². The minimum Gasteiger partial charge on any atom is -0.385 e. The van der Waals surface area contributed by atoms with E-state index in [0.717, 1.165) is 13.0 Å². The number of rotatable bonds is 3. The number of nitrogens with zero attached hydrogens (tertiary/aromatic N) is 1. The van der Waals surface area contributed by atoms with E-state index in [1.165, 1.54) is 6.08 Å². The van der Waals surface area contributed by atoms with Crippen LogP contribution in [0.2, 0.25) is 0 Å². The van der Waals surface area contributed by atoms with Crippen LogP contribution in [0.25, 0.3) is 0 Å². The van der Waals surface area contributed by atoms with Gasteiger partial charge in [-0.15, -0.1) is 0 Å². The first-order chi connectivity index (χ1) is 4.31. The van der Waals surface area contributed by atoms with Crippen LogP contribution in [0.1, 0.15) is 13.3 Å². The van der Waals surface area contributed by atoms with Crippen molar-refractivity contribution >= 4 is 0 Å². The third-order valence-electron chi connectivity index (χ3n) is 0.799. The van der Waals surface area contributed by atoms with Gasteiger partial charge in [0.05, 0.1) is 12.1 Å². The lowest BCUT2D eigenvalue weighted by atomic mass is 10.5. The van der Waals surface area contributed by atoms with Crippen molar-refractivity contribution in [3.05, 3.63) is 11.9 Å². The molecule has 0 heterocycles. The van der Waals surface area contributed by atoms with Crippen molar-refractivity contribution in [3.63, 3.8) is 0 Å². The predicted octanol–water partition coefficient (Wildman–Crippen LogP) is 0.310. The first kappa shape index (κ1) is 7.83. The van der Waals surface area contributed by atoms with Gasteiger partial charge in [-0.05, 0) is 6.42 Å².